The van der Waals surface area contributed by atoms with E-state index in [1.165, 1.54) is 4.31 Å². The number of pyridine rings is 1. The highest BCUT2D eigenvalue weighted by Crippen LogP contribution is 2.30. The molecule has 1 aliphatic rings. The summed E-state index contributed by atoms with van der Waals surface area (Å²) in [7, 11) is -3.70. The Hall–Kier alpha value is -2.60. The molecular weight excluding hydrogens is 322 g/mol. The lowest BCUT2D eigenvalue weighted by molar-refractivity contribution is 0.592. The molecule has 4 rings (SSSR count). The van der Waals surface area contributed by atoms with E-state index in [2.05, 4.69) is 9.71 Å². The zero-order chi connectivity index (χ0) is 16.6. The van der Waals surface area contributed by atoms with Crippen LogP contribution in [0.25, 0.3) is 10.9 Å². The summed E-state index contributed by atoms with van der Waals surface area (Å²) in [6.45, 7) is 0.477. The zero-order valence-corrected chi connectivity index (χ0v) is 13.8. The van der Waals surface area contributed by atoms with Crippen LogP contribution >= 0.6 is 0 Å². The van der Waals surface area contributed by atoms with Gasteiger partial charge in [0.05, 0.1) is 16.9 Å². The number of hydrogen-bond donors (Lipinski definition) is 1. The largest absolute Gasteiger partial charge is 0.324 e. The van der Waals surface area contributed by atoms with Gasteiger partial charge in [-0.25, -0.2) is 0 Å². The maximum Gasteiger partial charge on any atom is 0.324 e. The van der Waals surface area contributed by atoms with Crippen LogP contribution in [0.5, 0.6) is 0 Å². The van der Waals surface area contributed by atoms with Gasteiger partial charge in [0.15, 0.2) is 0 Å². The number of fused-ring (bicyclic) bond motifs is 2. The molecule has 0 saturated heterocycles. The first kappa shape index (κ1) is 15.0. The van der Waals surface area contributed by atoms with E-state index in [0.29, 0.717) is 17.7 Å². The molecule has 122 valence electrons. The number of benzene rings is 2. The van der Waals surface area contributed by atoms with E-state index in [9.17, 15) is 8.42 Å². The highest BCUT2D eigenvalue weighted by molar-refractivity contribution is 7.94. The topological polar surface area (TPSA) is 62.3 Å². The first-order valence-electron chi connectivity index (χ1n) is 7.87. The average Bonchev–Trinajstić information content (AvgIpc) is 2.61. The first-order chi connectivity index (χ1) is 11.6. The van der Waals surface area contributed by atoms with Crippen LogP contribution in [-0.2, 0) is 16.6 Å². The number of nitrogens with zero attached hydrogens (tertiary/aromatic N) is 2. The van der Waals surface area contributed by atoms with Crippen LogP contribution in [0.3, 0.4) is 0 Å². The quantitative estimate of drug-likeness (QED) is 0.796. The van der Waals surface area contributed by atoms with Gasteiger partial charge in [0.2, 0.25) is 0 Å². The highest BCUT2D eigenvalue weighted by atomic mass is 32.2. The molecule has 1 aliphatic heterocycles. The van der Waals surface area contributed by atoms with Crippen molar-refractivity contribution in [1.29, 1.82) is 0 Å². The molecule has 0 unspecified atom stereocenters. The molecule has 24 heavy (non-hydrogen) atoms. The molecule has 5 nitrogen and oxygen atoms in total. The van der Waals surface area contributed by atoms with E-state index >= 15 is 0 Å². The van der Waals surface area contributed by atoms with E-state index < -0.39 is 10.2 Å². The van der Waals surface area contributed by atoms with Crippen molar-refractivity contribution in [2.24, 2.45) is 0 Å². The van der Waals surface area contributed by atoms with Crippen molar-refractivity contribution in [2.75, 3.05) is 15.6 Å². The van der Waals surface area contributed by atoms with Gasteiger partial charge in [-0.15, -0.1) is 0 Å². The first-order valence-corrected chi connectivity index (χ1v) is 9.31. The third-order valence-corrected chi connectivity index (χ3v) is 5.67. The summed E-state index contributed by atoms with van der Waals surface area (Å²) in [5, 5.41) is 0.900. The summed E-state index contributed by atoms with van der Waals surface area (Å²) in [6, 6.07) is 16.9. The van der Waals surface area contributed by atoms with E-state index in [4.69, 9.17) is 0 Å². The standard InChI is InChI=1S/C18H17N3O2S/c22-24(23,21-13-5-9-14-6-1-2-11-17(14)21)20-16-10-3-7-15-8-4-12-19-18(15)16/h1-4,6-8,10-12,20H,5,9,13H2. The molecule has 6 heteroatoms. The van der Waals surface area contributed by atoms with Gasteiger partial charge in [-0.05, 0) is 36.6 Å². The molecule has 0 atom stereocenters. The number of aromatic nitrogens is 1. The molecule has 0 radical (unpaired) electrons. The fraction of sp³-hybridized carbons (Fsp3) is 0.167. The van der Waals surface area contributed by atoms with Gasteiger partial charge in [0.25, 0.3) is 0 Å². The number of aryl methyl sites for hydroxylation is 1. The van der Waals surface area contributed by atoms with Gasteiger partial charge in [0.1, 0.15) is 0 Å². The number of nitrogens with one attached hydrogen (secondary N) is 1. The van der Waals surface area contributed by atoms with Crippen molar-refractivity contribution in [1.82, 2.24) is 4.98 Å². The Morgan fingerprint density at radius 1 is 1.00 bits per heavy atom. The van der Waals surface area contributed by atoms with Crippen molar-refractivity contribution in [2.45, 2.75) is 12.8 Å². The Labute approximate surface area is 141 Å². The minimum atomic E-state index is -3.70. The molecule has 2 heterocycles. The van der Waals surface area contributed by atoms with Gasteiger partial charge < -0.3 is 0 Å². The second-order valence-corrected chi connectivity index (χ2v) is 7.39. The maximum absolute atomic E-state index is 12.9. The molecular formula is C18H17N3O2S. The number of rotatable bonds is 3. The third-order valence-electron chi connectivity index (χ3n) is 4.23. The van der Waals surface area contributed by atoms with Crippen molar-refractivity contribution in [3.8, 4) is 0 Å². The smallest absolute Gasteiger partial charge is 0.264 e. The minimum Gasteiger partial charge on any atom is -0.264 e. The lowest BCUT2D eigenvalue weighted by Gasteiger charge is -2.30. The van der Waals surface area contributed by atoms with Gasteiger partial charge >= 0.3 is 10.2 Å². The van der Waals surface area contributed by atoms with E-state index in [0.717, 1.165) is 29.5 Å². The minimum absolute atomic E-state index is 0.477. The maximum atomic E-state index is 12.9. The Kier molecular flexibility index (Phi) is 3.61. The monoisotopic (exact) mass is 339 g/mol. The van der Waals surface area contributed by atoms with Crippen LogP contribution in [0.15, 0.2) is 60.8 Å². The van der Waals surface area contributed by atoms with Crippen molar-refractivity contribution < 1.29 is 8.42 Å². The Balaban J connectivity index is 1.74. The molecule has 2 aromatic carbocycles. The number of para-hydroxylation sites is 2. The van der Waals surface area contributed by atoms with Crippen molar-refractivity contribution in [3.63, 3.8) is 0 Å². The van der Waals surface area contributed by atoms with Gasteiger partial charge in [0, 0.05) is 18.1 Å². The van der Waals surface area contributed by atoms with Crippen LogP contribution in [0.1, 0.15) is 12.0 Å². The van der Waals surface area contributed by atoms with E-state index in [1.54, 1.807) is 12.3 Å². The van der Waals surface area contributed by atoms with Gasteiger partial charge in [-0.3, -0.25) is 14.0 Å². The Morgan fingerprint density at radius 2 is 1.83 bits per heavy atom. The molecule has 0 fully saturated rings. The summed E-state index contributed by atoms with van der Waals surface area (Å²) in [4.78, 5) is 4.31. The van der Waals surface area contributed by atoms with Gasteiger partial charge in [-0.2, -0.15) is 8.42 Å². The van der Waals surface area contributed by atoms with Crippen LogP contribution < -0.4 is 9.03 Å². The summed E-state index contributed by atoms with van der Waals surface area (Å²) < 4.78 is 30.1. The Bertz CT molecular complexity index is 997. The molecule has 0 bridgehead atoms. The van der Waals surface area contributed by atoms with Crippen LogP contribution in [-0.4, -0.2) is 19.9 Å². The molecule has 0 saturated carbocycles. The van der Waals surface area contributed by atoms with Crippen LogP contribution in [0, 0.1) is 0 Å². The molecule has 0 spiro atoms. The molecule has 0 aliphatic carbocycles. The average molecular weight is 339 g/mol. The van der Waals surface area contributed by atoms with Crippen LogP contribution in [0.4, 0.5) is 11.4 Å². The summed E-state index contributed by atoms with van der Waals surface area (Å²) in [5.41, 5.74) is 2.96. The third kappa shape index (κ3) is 2.59. The molecule has 1 aromatic heterocycles. The normalized spacial score (nSPS) is 14.4. The van der Waals surface area contributed by atoms with E-state index in [-0.39, 0.29) is 0 Å². The molecule has 3 aromatic rings. The fourth-order valence-electron chi connectivity index (χ4n) is 3.13. The molecule has 0 amide bonds. The lowest BCUT2D eigenvalue weighted by Crippen LogP contribution is -2.39. The zero-order valence-electron chi connectivity index (χ0n) is 13.0. The van der Waals surface area contributed by atoms with Crippen LogP contribution in [0.2, 0.25) is 0 Å². The summed E-state index contributed by atoms with van der Waals surface area (Å²) in [5.74, 6) is 0. The van der Waals surface area contributed by atoms with Crippen molar-refractivity contribution in [3.05, 3.63) is 66.4 Å². The Morgan fingerprint density at radius 3 is 2.75 bits per heavy atom. The SMILES string of the molecule is O=S(=O)(Nc1cccc2cccnc12)N1CCCc2ccccc21. The van der Waals surface area contributed by atoms with E-state index in [1.807, 2.05) is 48.5 Å². The second-order valence-electron chi connectivity index (χ2n) is 5.79. The van der Waals surface area contributed by atoms with Crippen molar-refractivity contribution >= 4 is 32.5 Å². The highest BCUT2D eigenvalue weighted by Gasteiger charge is 2.27. The number of hydrogen-bond acceptors (Lipinski definition) is 3. The predicted octanol–water partition coefficient (Wildman–Crippen LogP) is 3.34. The predicted molar refractivity (Wildman–Crippen MR) is 96.4 cm³/mol. The second kappa shape index (κ2) is 5.79. The lowest BCUT2D eigenvalue weighted by atomic mass is 10.0. The summed E-state index contributed by atoms with van der Waals surface area (Å²) >= 11 is 0. The summed E-state index contributed by atoms with van der Waals surface area (Å²) in [6.07, 6.45) is 3.38. The number of anilines is 2. The molecule has 1 N–H and O–H groups in total. The van der Waals surface area contributed by atoms with Gasteiger partial charge in [-0.1, -0.05) is 36.4 Å². The fourth-order valence-corrected chi connectivity index (χ4v) is 4.49.